The zero-order valence-corrected chi connectivity index (χ0v) is 22.0. The number of hydrogen-bond acceptors (Lipinski definition) is 8. The number of hydrogen-bond donors (Lipinski definition) is 2. The number of benzene rings is 2. The molecule has 9 nitrogen and oxygen atoms in total. The molecule has 33 heavy (non-hydrogen) atoms. The summed E-state index contributed by atoms with van der Waals surface area (Å²) in [7, 11) is -8.63. The van der Waals surface area contributed by atoms with Crippen molar-refractivity contribution < 1.29 is 17.6 Å². The van der Waals surface area contributed by atoms with Crippen molar-refractivity contribution in [2.24, 2.45) is 9.50 Å². The number of sulfonamides is 1. The second-order valence-electron chi connectivity index (χ2n) is 6.59. The molecule has 1 atom stereocenters. The predicted molar refractivity (Wildman–Crippen MR) is 133 cm³/mol. The molecule has 0 saturated carbocycles. The first kappa shape index (κ1) is 25.4. The topological polar surface area (TPSA) is 157 Å². The molecule has 0 amide bonds. The van der Waals surface area contributed by atoms with Crippen LogP contribution in [0, 0.1) is 22.4 Å². The summed E-state index contributed by atoms with van der Waals surface area (Å²) in [6, 6.07) is 11.4. The van der Waals surface area contributed by atoms with Crippen molar-refractivity contribution in [3.63, 3.8) is 0 Å². The molecule has 3 N–H and O–H groups in total. The summed E-state index contributed by atoms with van der Waals surface area (Å²) < 4.78 is 46.2. The fraction of sp³-hybridized carbons (Fsp3) is 0.105. The number of aryl methyl sites for hydroxylation is 1. The number of thiophene rings is 1. The highest BCUT2D eigenvalue weighted by Gasteiger charge is 2.32. The van der Waals surface area contributed by atoms with Gasteiger partial charge in [0.05, 0.1) is 23.8 Å². The Labute approximate surface area is 207 Å². The quantitative estimate of drug-likeness (QED) is 0.129. The van der Waals surface area contributed by atoms with Crippen LogP contribution >= 0.6 is 39.0 Å². The van der Waals surface area contributed by atoms with Gasteiger partial charge in [-0.1, -0.05) is 37.9 Å². The first-order valence-electron chi connectivity index (χ1n) is 8.96. The van der Waals surface area contributed by atoms with Crippen molar-refractivity contribution in [2.75, 3.05) is 6.26 Å². The van der Waals surface area contributed by atoms with E-state index in [1.807, 2.05) is 0 Å². The van der Waals surface area contributed by atoms with Crippen LogP contribution in [0.25, 0.3) is 0 Å². The molecule has 0 aliphatic rings. The molecular weight excluding hydrogens is 572 g/mol. The lowest BCUT2D eigenvalue weighted by Crippen LogP contribution is -2.11. The van der Waals surface area contributed by atoms with E-state index < -0.39 is 35.3 Å². The average molecular weight is 590 g/mol. The molecule has 0 aliphatic heterocycles. The van der Waals surface area contributed by atoms with E-state index in [4.69, 9.17) is 11.1 Å². The fourth-order valence-corrected chi connectivity index (χ4v) is 10.4. The van der Waals surface area contributed by atoms with Gasteiger partial charge in [-0.3, -0.25) is 15.5 Å². The highest BCUT2D eigenvalue weighted by atomic mass is 79.9. The molecule has 0 radical (unpaired) electrons. The van der Waals surface area contributed by atoms with Gasteiger partial charge in [-0.05, 0) is 43.0 Å². The number of rotatable bonds is 7. The highest BCUT2D eigenvalue weighted by molar-refractivity contribution is 9.10. The maximum absolute atomic E-state index is 14.5. The van der Waals surface area contributed by atoms with Crippen molar-refractivity contribution in [3.05, 3.63) is 73.6 Å². The molecule has 1 heterocycles. The average Bonchev–Trinajstić information content (AvgIpc) is 3.18. The van der Waals surface area contributed by atoms with Crippen LogP contribution in [-0.4, -0.2) is 29.6 Å². The summed E-state index contributed by atoms with van der Waals surface area (Å²) in [6.45, 7) is 1.40. The number of nitrogens with zero attached hydrogens (tertiary/aromatic N) is 2. The van der Waals surface area contributed by atoms with Gasteiger partial charge in [-0.2, -0.15) is 8.42 Å². The zero-order chi connectivity index (χ0) is 24.6. The molecule has 14 heteroatoms. The second-order valence-corrected chi connectivity index (χ2v) is 13.6. The maximum atomic E-state index is 14.5. The van der Waals surface area contributed by atoms with E-state index in [1.165, 1.54) is 49.0 Å². The molecule has 3 rings (SSSR count). The van der Waals surface area contributed by atoms with Crippen LogP contribution in [0.15, 0.2) is 75.7 Å². The van der Waals surface area contributed by atoms with Crippen molar-refractivity contribution in [1.82, 2.24) is 0 Å². The molecule has 174 valence electrons. The first-order chi connectivity index (χ1) is 15.4. The number of nitrogens with two attached hydrogens (primary N) is 1. The van der Waals surface area contributed by atoms with Crippen LogP contribution in [0.5, 0.6) is 0 Å². The Hall–Kier alpha value is -2.26. The SMILES string of the molecule is CSc1sc(C(=N)N)cc1S(=O)(=NS(=O)(=O)c1c(C)cccc1[N+](=O)[O-])c1cccc(Br)c1. The Bertz CT molecular complexity index is 1510. The van der Waals surface area contributed by atoms with Gasteiger partial charge in [0.15, 0.2) is 4.90 Å². The largest absolute Gasteiger partial charge is 0.383 e. The fourth-order valence-electron chi connectivity index (χ4n) is 2.97. The number of thioether (sulfide) groups is 1. The number of nitrogens with one attached hydrogen (secondary N) is 1. The van der Waals surface area contributed by atoms with Crippen LogP contribution in [-0.2, 0) is 19.8 Å². The van der Waals surface area contributed by atoms with Gasteiger partial charge >= 0.3 is 0 Å². The van der Waals surface area contributed by atoms with E-state index in [2.05, 4.69) is 19.7 Å². The lowest BCUT2D eigenvalue weighted by Gasteiger charge is -2.12. The number of nitro groups is 1. The van der Waals surface area contributed by atoms with Crippen LogP contribution in [0.4, 0.5) is 5.69 Å². The van der Waals surface area contributed by atoms with E-state index in [9.17, 15) is 22.7 Å². The van der Waals surface area contributed by atoms with E-state index in [-0.39, 0.29) is 21.2 Å². The Morgan fingerprint density at radius 2 is 1.88 bits per heavy atom. The zero-order valence-electron chi connectivity index (χ0n) is 17.1. The summed E-state index contributed by atoms with van der Waals surface area (Å²) in [6.07, 6.45) is 1.71. The van der Waals surface area contributed by atoms with Crippen LogP contribution < -0.4 is 5.73 Å². The van der Waals surface area contributed by atoms with E-state index >= 15 is 0 Å². The van der Waals surface area contributed by atoms with Gasteiger partial charge in [0, 0.05) is 10.5 Å². The van der Waals surface area contributed by atoms with Crippen molar-refractivity contribution in [3.8, 4) is 0 Å². The van der Waals surface area contributed by atoms with Crippen molar-refractivity contribution in [1.29, 1.82) is 5.41 Å². The third kappa shape index (κ3) is 4.99. The van der Waals surface area contributed by atoms with Gasteiger partial charge < -0.3 is 5.73 Å². The summed E-state index contributed by atoms with van der Waals surface area (Å²) in [5.41, 5.74) is 5.05. The number of nitrogen functional groups attached to an aromatic ring is 1. The monoisotopic (exact) mass is 588 g/mol. The molecule has 0 saturated heterocycles. The standard InChI is InChI=1S/C19H17BrN4O5S4/c1-11-5-3-8-14(24(25)26)17(11)33(28,29)23-32(27,13-7-4-6-12(20)9-13)16-10-15(18(21)22)31-19(16)30-2/h3-10H,1-2H3,(H3,21,22). The van der Waals surface area contributed by atoms with Gasteiger partial charge in [-0.15, -0.1) is 23.1 Å². The summed E-state index contributed by atoms with van der Waals surface area (Å²) in [5.74, 6) is -0.269. The molecular formula is C19H17BrN4O5S4. The van der Waals surface area contributed by atoms with E-state index in [1.54, 1.807) is 18.4 Å². The second kappa shape index (κ2) is 9.54. The Morgan fingerprint density at radius 3 is 2.45 bits per heavy atom. The van der Waals surface area contributed by atoms with E-state index in [0.29, 0.717) is 13.6 Å². The number of halogens is 1. The van der Waals surface area contributed by atoms with Crippen LogP contribution in [0.2, 0.25) is 0 Å². The normalized spacial score (nSPS) is 13.3. The minimum absolute atomic E-state index is 0.0723. The summed E-state index contributed by atoms with van der Waals surface area (Å²) >= 11 is 5.59. The smallest absolute Gasteiger partial charge is 0.297 e. The van der Waals surface area contributed by atoms with Gasteiger partial charge in [-0.25, -0.2) is 4.21 Å². The third-order valence-corrected chi connectivity index (χ3v) is 11.9. The lowest BCUT2D eigenvalue weighted by atomic mass is 10.2. The van der Waals surface area contributed by atoms with Crippen LogP contribution in [0.3, 0.4) is 0 Å². The van der Waals surface area contributed by atoms with Gasteiger partial charge in [0.1, 0.15) is 15.6 Å². The molecule has 0 spiro atoms. The number of nitro benzene ring substituents is 1. The predicted octanol–water partition coefficient (Wildman–Crippen LogP) is 5.01. The molecule has 0 aliphatic carbocycles. The molecule has 0 fully saturated rings. The highest BCUT2D eigenvalue weighted by Crippen LogP contribution is 2.40. The molecule has 0 bridgehead atoms. The first-order valence-corrected chi connectivity index (χ1v) is 14.7. The number of amidine groups is 1. The van der Waals surface area contributed by atoms with E-state index in [0.717, 1.165) is 17.4 Å². The summed E-state index contributed by atoms with van der Waals surface area (Å²) in [5, 5.41) is 19.3. The molecule has 1 unspecified atom stereocenters. The molecule has 1 aromatic heterocycles. The minimum Gasteiger partial charge on any atom is -0.383 e. The molecule has 3 aromatic rings. The summed E-state index contributed by atoms with van der Waals surface area (Å²) in [4.78, 5) is 10.5. The maximum Gasteiger partial charge on any atom is 0.297 e. The van der Waals surface area contributed by atoms with Crippen LogP contribution in [0.1, 0.15) is 10.4 Å². The Kier molecular flexibility index (Phi) is 7.33. The molecule has 2 aromatic carbocycles. The van der Waals surface area contributed by atoms with Crippen molar-refractivity contribution >= 4 is 70.3 Å². The third-order valence-electron chi connectivity index (χ3n) is 4.38. The minimum atomic E-state index is -4.77. The van der Waals surface area contributed by atoms with Gasteiger partial charge in [0.25, 0.3) is 15.7 Å². The Balaban J connectivity index is 2.47. The van der Waals surface area contributed by atoms with Gasteiger partial charge in [0.2, 0.25) is 0 Å². The van der Waals surface area contributed by atoms with Crippen molar-refractivity contribution in [2.45, 2.75) is 25.8 Å². The lowest BCUT2D eigenvalue weighted by molar-refractivity contribution is -0.387. The Morgan fingerprint density at radius 1 is 1.21 bits per heavy atom.